The first-order valence-electron chi connectivity index (χ1n) is 7.57. The molecule has 0 unspecified atom stereocenters. The molecule has 1 heterocycles. The quantitative estimate of drug-likeness (QED) is 0.440. The lowest BCUT2D eigenvalue weighted by Gasteiger charge is -2.06. The van der Waals surface area contributed by atoms with Gasteiger partial charge in [0.2, 0.25) is 6.54 Å². The van der Waals surface area contributed by atoms with Crippen LogP contribution in [-0.2, 0) is 11.3 Å². The van der Waals surface area contributed by atoms with Crippen LogP contribution < -0.4 is 14.6 Å². The van der Waals surface area contributed by atoms with Crippen LogP contribution in [0.25, 0.3) is 10.8 Å². The molecular formula is C18H16N3O4+. The van der Waals surface area contributed by atoms with Crippen molar-refractivity contribution in [1.29, 1.82) is 0 Å². The van der Waals surface area contributed by atoms with Crippen LogP contribution in [0.1, 0.15) is 0 Å². The number of carbonyl (C=O) groups is 1. The number of nitrogens with one attached hydrogen (secondary N) is 1. The zero-order chi connectivity index (χ0) is 17.8. The highest BCUT2D eigenvalue weighted by Crippen LogP contribution is 2.28. The Labute approximate surface area is 143 Å². The second kappa shape index (κ2) is 6.96. The number of amides is 1. The van der Waals surface area contributed by atoms with Crippen LogP contribution in [-0.4, -0.2) is 17.9 Å². The van der Waals surface area contributed by atoms with Crippen molar-refractivity contribution in [1.82, 2.24) is 0 Å². The molecule has 0 aliphatic carbocycles. The summed E-state index contributed by atoms with van der Waals surface area (Å²) < 4.78 is 6.71. The maximum Gasteiger partial charge on any atom is 0.296 e. The van der Waals surface area contributed by atoms with Crippen LogP contribution in [0.4, 0.5) is 11.4 Å². The molecule has 7 nitrogen and oxygen atoms in total. The number of ether oxygens (including phenoxy) is 1. The van der Waals surface area contributed by atoms with E-state index >= 15 is 0 Å². The lowest BCUT2D eigenvalue weighted by atomic mass is 10.2. The van der Waals surface area contributed by atoms with Crippen molar-refractivity contribution < 1.29 is 19.0 Å². The Morgan fingerprint density at radius 2 is 1.96 bits per heavy atom. The van der Waals surface area contributed by atoms with Crippen LogP contribution >= 0.6 is 0 Å². The molecule has 126 valence electrons. The first-order valence-corrected chi connectivity index (χ1v) is 7.57. The van der Waals surface area contributed by atoms with Gasteiger partial charge in [-0.1, -0.05) is 18.2 Å². The van der Waals surface area contributed by atoms with Gasteiger partial charge in [-0.3, -0.25) is 14.9 Å². The zero-order valence-electron chi connectivity index (χ0n) is 13.5. The molecule has 0 aliphatic rings. The average Bonchev–Trinajstić information content (AvgIpc) is 2.61. The summed E-state index contributed by atoms with van der Waals surface area (Å²) in [6.45, 7) is 0.0496. The summed E-state index contributed by atoms with van der Waals surface area (Å²) in [4.78, 5) is 22.9. The van der Waals surface area contributed by atoms with Gasteiger partial charge in [-0.05, 0) is 23.6 Å². The van der Waals surface area contributed by atoms with Gasteiger partial charge in [-0.25, -0.2) is 0 Å². The SMILES string of the molecule is COc1ccc(NC(=O)C[n+]2ccc3ccccc3c2)c([N+](=O)[O-])c1. The Morgan fingerprint density at radius 3 is 2.68 bits per heavy atom. The summed E-state index contributed by atoms with van der Waals surface area (Å²) in [6.07, 6.45) is 3.65. The molecule has 7 heteroatoms. The summed E-state index contributed by atoms with van der Waals surface area (Å²) in [5.41, 5.74) is -0.0756. The van der Waals surface area contributed by atoms with E-state index in [2.05, 4.69) is 5.32 Å². The molecule has 0 radical (unpaired) electrons. The summed E-state index contributed by atoms with van der Waals surface area (Å²) >= 11 is 0. The van der Waals surface area contributed by atoms with Gasteiger partial charge in [0.05, 0.1) is 18.1 Å². The molecule has 0 saturated heterocycles. The highest BCUT2D eigenvalue weighted by atomic mass is 16.6. The highest BCUT2D eigenvalue weighted by Gasteiger charge is 2.19. The fourth-order valence-electron chi connectivity index (χ4n) is 2.53. The number of aromatic nitrogens is 1. The van der Waals surface area contributed by atoms with E-state index in [1.165, 1.54) is 19.2 Å². The van der Waals surface area contributed by atoms with Crippen molar-refractivity contribution in [2.75, 3.05) is 12.4 Å². The number of nitrogens with zero attached hydrogens (tertiary/aromatic N) is 2. The second-order valence-electron chi connectivity index (χ2n) is 5.43. The normalized spacial score (nSPS) is 10.4. The Bertz CT molecular complexity index is 956. The number of hydrogen-bond acceptors (Lipinski definition) is 4. The van der Waals surface area contributed by atoms with Crippen molar-refractivity contribution >= 4 is 28.1 Å². The summed E-state index contributed by atoms with van der Waals surface area (Å²) in [7, 11) is 1.42. The molecule has 3 rings (SSSR count). The largest absolute Gasteiger partial charge is 0.496 e. The van der Waals surface area contributed by atoms with Crippen LogP contribution in [0.2, 0.25) is 0 Å². The third-order valence-electron chi connectivity index (χ3n) is 3.75. The second-order valence-corrected chi connectivity index (χ2v) is 5.43. The van der Waals surface area contributed by atoms with E-state index in [0.717, 1.165) is 10.8 Å². The maximum atomic E-state index is 12.3. The number of nitro groups is 1. The van der Waals surface area contributed by atoms with Crippen LogP contribution in [0.3, 0.4) is 0 Å². The molecule has 0 atom stereocenters. The molecule has 25 heavy (non-hydrogen) atoms. The van der Waals surface area contributed by atoms with Crippen molar-refractivity contribution in [3.05, 3.63) is 71.0 Å². The van der Waals surface area contributed by atoms with E-state index in [-0.39, 0.29) is 23.8 Å². The molecule has 0 spiro atoms. The van der Waals surface area contributed by atoms with E-state index in [9.17, 15) is 14.9 Å². The number of methoxy groups -OCH3 is 1. The minimum absolute atomic E-state index is 0.0496. The van der Waals surface area contributed by atoms with Gasteiger partial charge in [0.1, 0.15) is 11.4 Å². The van der Waals surface area contributed by atoms with Crippen molar-refractivity contribution in [3.63, 3.8) is 0 Å². The molecule has 0 aliphatic heterocycles. The first kappa shape index (κ1) is 16.4. The average molecular weight is 338 g/mol. The van der Waals surface area contributed by atoms with Crippen molar-refractivity contribution in [3.8, 4) is 5.75 Å². The van der Waals surface area contributed by atoms with Crippen LogP contribution in [0.15, 0.2) is 60.9 Å². The molecule has 1 N–H and O–H groups in total. The lowest BCUT2D eigenvalue weighted by Crippen LogP contribution is -2.39. The van der Waals surface area contributed by atoms with E-state index in [1.54, 1.807) is 16.8 Å². The fourth-order valence-corrected chi connectivity index (χ4v) is 2.53. The maximum absolute atomic E-state index is 12.3. The zero-order valence-corrected chi connectivity index (χ0v) is 13.5. The third-order valence-corrected chi connectivity index (χ3v) is 3.75. The Kier molecular flexibility index (Phi) is 4.56. The van der Waals surface area contributed by atoms with Gasteiger partial charge in [0.25, 0.3) is 11.6 Å². The number of anilines is 1. The monoisotopic (exact) mass is 338 g/mol. The number of hydrogen-bond donors (Lipinski definition) is 1. The minimum atomic E-state index is -0.554. The topological polar surface area (TPSA) is 85.3 Å². The number of fused-ring (bicyclic) bond motifs is 1. The van der Waals surface area contributed by atoms with Crippen LogP contribution in [0.5, 0.6) is 5.75 Å². The summed E-state index contributed by atoms with van der Waals surface area (Å²) in [5, 5.41) is 15.8. The number of nitro benzene ring substituents is 1. The lowest BCUT2D eigenvalue weighted by molar-refractivity contribution is -0.682. The standard InChI is InChI=1S/C18H15N3O4/c1-25-15-6-7-16(17(10-15)21(23)24)19-18(22)12-20-9-8-13-4-2-3-5-14(13)11-20/h2-11H,12H2,1H3/p+1. The molecule has 3 aromatic rings. The molecule has 2 aromatic carbocycles. The van der Waals surface area contributed by atoms with Gasteiger partial charge in [0.15, 0.2) is 12.4 Å². The third kappa shape index (κ3) is 3.72. The number of benzene rings is 2. The summed E-state index contributed by atoms with van der Waals surface area (Å²) in [5.74, 6) is 0.00199. The number of pyridine rings is 1. The summed E-state index contributed by atoms with van der Waals surface area (Å²) in [6, 6.07) is 14.0. The number of rotatable bonds is 5. The smallest absolute Gasteiger partial charge is 0.296 e. The molecular weight excluding hydrogens is 322 g/mol. The first-order chi connectivity index (χ1) is 12.1. The number of carbonyl (C=O) groups excluding carboxylic acids is 1. The Balaban J connectivity index is 1.78. The van der Waals surface area contributed by atoms with E-state index in [4.69, 9.17) is 4.74 Å². The van der Waals surface area contributed by atoms with Gasteiger partial charge < -0.3 is 10.1 Å². The van der Waals surface area contributed by atoms with E-state index in [1.807, 2.05) is 36.5 Å². The predicted molar refractivity (Wildman–Crippen MR) is 92.4 cm³/mol. The van der Waals surface area contributed by atoms with Gasteiger partial charge in [-0.2, -0.15) is 4.57 Å². The van der Waals surface area contributed by atoms with Crippen molar-refractivity contribution in [2.24, 2.45) is 0 Å². The highest BCUT2D eigenvalue weighted by molar-refractivity contribution is 5.92. The molecule has 1 aromatic heterocycles. The van der Waals surface area contributed by atoms with Gasteiger partial charge in [0, 0.05) is 11.5 Å². The molecule has 0 bridgehead atoms. The van der Waals surface area contributed by atoms with E-state index in [0.29, 0.717) is 5.75 Å². The van der Waals surface area contributed by atoms with E-state index < -0.39 is 4.92 Å². The van der Waals surface area contributed by atoms with Gasteiger partial charge in [-0.15, -0.1) is 0 Å². The fraction of sp³-hybridized carbons (Fsp3) is 0.111. The Morgan fingerprint density at radius 1 is 1.20 bits per heavy atom. The minimum Gasteiger partial charge on any atom is -0.496 e. The van der Waals surface area contributed by atoms with Gasteiger partial charge >= 0.3 is 0 Å². The molecule has 0 saturated carbocycles. The molecule has 0 fully saturated rings. The van der Waals surface area contributed by atoms with Crippen LogP contribution in [0, 0.1) is 10.1 Å². The van der Waals surface area contributed by atoms with Crippen molar-refractivity contribution in [2.45, 2.75) is 6.54 Å². The predicted octanol–water partition coefficient (Wildman–Crippen LogP) is 2.68. The molecule has 1 amide bonds. The Hall–Kier alpha value is -3.48.